The number of aryl methyl sites for hydroxylation is 2. The Bertz CT molecular complexity index is 881. The summed E-state index contributed by atoms with van der Waals surface area (Å²) in [5.41, 5.74) is 6.45. The van der Waals surface area contributed by atoms with Crippen LogP contribution in [0.4, 0.5) is 4.79 Å². The zero-order chi connectivity index (χ0) is 16.7. The van der Waals surface area contributed by atoms with Gasteiger partial charge in [0.2, 0.25) is 0 Å². The summed E-state index contributed by atoms with van der Waals surface area (Å²) in [5.74, 6) is 0.0679. The Morgan fingerprint density at radius 2 is 1.62 bits per heavy atom. The van der Waals surface area contributed by atoms with Gasteiger partial charge >= 0.3 is 6.09 Å². The Balaban J connectivity index is 1.61. The highest BCUT2D eigenvalue weighted by molar-refractivity contribution is 5.79. The summed E-state index contributed by atoms with van der Waals surface area (Å²) in [6, 6.07) is 18.5. The molecule has 120 valence electrons. The second-order valence-electron chi connectivity index (χ2n) is 6.14. The molecule has 0 bridgehead atoms. The minimum Gasteiger partial charge on any atom is -0.447 e. The molecule has 0 atom stereocenters. The van der Waals surface area contributed by atoms with Gasteiger partial charge in [-0.25, -0.2) is 4.79 Å². The number of nitrogens with zero attached hydrogens (tertiary/aromatic N) is 2. The van der Waals surface area contributed by atoms with Crippen molar-refractivity contribution >= 4 is 6.09 Å². The Morgan fingerprint density at radius 3 is 2.17 bits per heavy atom. The van der Waals surface area contributed by atoms with Crippen molar-refractivity contribution in [1.82, 2.24) is 9.78 Å². The minimum absolute atomic E-state index is 0.0679. The maximum absolute atomic E-state index is 12.3. The lowest BCUT2D eigenvalue weighted by Gasteiger charge is -2.14. The van der Waals surface area contributed by atoms with E-state index in [0.717, 1.165) is 11.4 Å². The molecule has 4 rings (SSSR count). The number of carbonyl (C=O) groups excluding carboxylic acids is 1. The van der Waals surface area contributed by atoms with Crippen LogP contribution in [0.25, 0.3) is 11.1 Å². The monoisotopic (exact) mass is 318 g/mol. The number of carbonyl (C=O) groups is 1. The molecule has 24 heavy (non-hydrogen) atoms. The first kappa shape index (κ1) is 14.7. The average Bonchev–Trinajstić information content (AvgIpc) is 3.10. The fourth-order valence-corrected chi connectivity index (χ4v) is 3.47. The largest absolute Gasteiger partial charge is 0.447 e. The Labute approximate surface area is 140 Å². The van der Waals surface area contributed by atoms with E-state index in [9.17, 15) is 4.79 Å². The molecule has 3 aromatic rings. The number of rotatable bonds is 2. The van der Waals surface area contributed by atoms with Crippen molar-refractivity contribution in [1.29, 1.82) is 0 Å². The zero-order valence-corrected chi connectivity index (χ0v) is 13.7. The van der Waals surface area contributed by atoms with Gasteiger partial charge in [0.15, 0.2) is 0 Å². The minimum atomic E-state index is -0.428. The molecule has 1 heterocycles. The SMILES string of the molecule is Cc1cc(C)n(C(=O)OCC2c3ccccc3-c3ccccc32)n1. The summed E-state index contributed by atoms with van der Waals surface area (Å²) in [6.45, 7) is 4.02. The van der Waals surface area contributed by atoms with Gasteiger partial charge in [-0.05, 0) is 42.2 Å². The lowest BCUT2D eigenvalue weighted by molar-refractivity contribution is 0.140. The van der Waals surface area contributed by atoms with E-state index in [-0.39, 0.29) is 5.92 Å². The van der Waals surface area contributed by atoms with Gasteiger partial charge in [0.1, 0.15) is 6.61 Å². The van der Waals surface area contributed by atoms with E-state index in [1.165, 1.54) is 26.9 Å². The fraction of sp³-hybridized carbons (Fsp3) is 0.200. The predicted octanol–water partition coefficient (Wildman–Crippen LogP) is 4.30. The zero-order valence-electron chi connectivity index (χ0n) is 13.7. The van der Waals surface area contributed by atoms with Crippen molar-refractivity contribution in [2.45, 2.75) is 19.8 Å². The van der Waals surface area contributed by atoms with E-state index < -0.39 is 6.09 Å². The quantitative estimate of drug-likeness (QED) is 0.707. The lowest BCUT2D eigenvalue weighted by Crippen LogP contribution is -2.20. The fourth-order valence-electron chi connectivity index (χ4n) is 3.47. The molecule has 0 aliphatic heterocycles. The Morgan fingerprint density at radius 1 is 1.04 bits per heavy atom. The molecule has 0 saturated heterocycles. The summed E-state index contributed by atoms with van der Waals surface area (Å²) in [6.07, 6.45) is -0.428. The van der Waals surface area contributed by atoms with E-state index in [1.54, 1.807) is 0 Å². The van der Waals surface area contributed by atoms with Crippen LogP contribution in [0.5, 0.6) is 0 Å². The number of hydrogen-bond acceptors (Lipinski definition) is 3. The van der Waals surface area contributed by atoms with Crippen LogP contribution in [0.3, 0.4) is 0 Å². The number of hydrogen-bond donors (Lipinski definition) is 0. The maximum atomic E-state index is 12.3. The van der Waals surface area contributed by atoms with Gasteiger partial charge in [-0.3, -0.25) is 0 Å². The first-order valence-corrected chi connectivity index (χ1v) is 8.04. The van der Waals surface area contributed by atoms with Gasteiger partial charge in [0.05, 0.1) is 5.69 Å². The van der Waals surface area contributed by atoms with E-state index >= 15 is 0 Å². The molecule has 0 fully saturated rings. The summed E-state index contributed by atoms with van der Waals surface area (Å²) in [5, 5.41) is 4.19. The third-order valence-electron chi connectivity index (χ3n) is 4.52. The molecule has 4 nitrogen and oxygen atoms in total. The smallest absolute Gasteiger partial charge is 0.434 e. The lowest BCUT2D eigenvalue weighted by atomic mass is 9.98. The average molecular weight is 318 g/mol. The van der Waals surface area contributed by atoms with Crippen molar-refractivity contribution in [3.63, 3.8) is 0 Å². The highest BCUT2D eigenvalue weighted by atomic mass is 16.6. The van der Waals surface area contributed by atoms with Gasteiger partial charge in [0, 0.05) is 11.6 Å². The maximum Gasteiger partial charge on any atom is 0.434 e. The summed E-state index contributed by atoms with van der Waals surface area (Å²) in [4.78, 5) is 12.3. The summed E-state index contributed by atoms with van der Waals surface area (Å²) < 4.78 is 6.90. The molecule has 0 radical (unpaired) electrons. The van der Waals surface area contributed by atoms with Gasteiger partial charge in [-0.15, -0.1) is 0 Å². The van der Waals surface area contributed by atoms with Crippen LogP contribution in [0.2, 0.25) is 0 Å². The predicted molar refractivity (Wildman–Crippen MR) is 92.2 cm³/mol. The van der Waals surface area contributed by atoms with E-state index in [1.807, 2.05) is 44.2 Å². The number of benzene rings is 2. The van der Waals surface area contributed by atoms with Crippen LogP contribution in [-0.2, 0) is 4.74 Å². The van der Waals surface area contributed by atoms with Crippen LogP contribution >= 0.6 is 0 Å². The first-order chi connectivity index (χ1) is 11.6. The standard InChI is InChI=1S/C20H18N2O2/c1-13-11-14(2)22(21-13)20(23)24-12-19-17-9-5-3-7-15(17)16-8-4-6-10-18(16)19/h3-11,19H,12H2,1-2H3. The van der Waals surface area contributed by atoms with E-state index in [2.05, 4.69) is 29.4 Å². The van der Waals surface area contributed by atoms with Gasteiger partial charge in [-0.1, -0.05) is 48.5 Å². The molecule has 0 saturated carbocycles. The van der Waals surface area contributed by atoms with Crippen molar-refractivity contribution in [2.75, 3.05) is 6.61 Å². The van der Waals surface area contributed by atoms with Crippen LogP contribution < -0.4 is 0 Å². The second kappa shape index (κ2) is 5.64. The first-order valence-electron chi connectivity index (χ1n) is 8.04. The molecular weight excluding hydrogens is 300 g/mol. The Kier molecular flexibility index (Phi) is 3.45. The molecule has 1 aromatic heterocycles. The number of aromatic nitrogens is 2. The molecule has 1 aliphatic rings. The molecule has 0 N–H and O–H groups in total. The second-order valence-corrected chi connectivity index (χ2v) is 6.14. The van der Waals surface area contributed by atoms with Crippen molar-refractivity contribution < 1.29 is 9.53 Å². The molecule has 4 heteroatoms. The third kappa shape index (κ3) is 2.31. The van der Waals surface area contributed by atoms with Gasteiger partial charge < -0.3 is 4.74 Å². The van der Waals surface area contributed by atoms with Gasteiger partial charge in [-0.2, -0.15) is 9.78 Å². The van der Waals surface area contributed by atoms with Gasteiger partial charge in [0.25, 0.3) is 0 Å². The molecule has 0 spiro atoms. The summed E-state index contributed by atoms with van der Waals surface area (Å²) >= 11 is 0. The molecule has 2 aromatic carbocycles. The number of ether oxygens (including phenoxy) is 1. The van der Waals surface area contributed by atoms with Crippen molar-refractivity contribution in [2.24, 2.45) is 0 Å². The normalized spacial score (nSPS) is 12.8. The van der Waals surface area contributed by atoms with E-state index in [0.29, 0.717) is 6.61 Å². The van der Waals surface area contributed by atoms with Crippen LogP contribution in [0, 0.1) is 13.8 Å². The Hall–Kier alpha value is -2.88. The highest BCUT2D eigenvalue weighted by Crippen LogP contribution is 2.44. The van der Waals surface area contributed by atoms with Crippen molar-refractivity contribution in [3.05, 3.63) is 77.1 Å². The summed E-state index contributed by atoms with van der Waals surface area (Å²) in [7, 11) is 0. The molecule has 0 unspecified atom stereocenters. The molecule has 1 aliphatic carbocycles. The van der Waals surface area contributed by atoms with Crippen LogP contribution in [0.15, 0.2) is 54.6 Å². The number of fused-ring (bicyclic) bond motifs is 3. The van der Waals surface area contributed by atoms with Crippen LogP contribution in [0.1, 0.15) is 28.4 Å². The third-order valence-corrected chi connectivity index (χ3v) is 4.52. The highest BCUT2D eigenvalue weighted by Gasteiger charge is 2.29. The molecule has 0 amide bonds. The van der Waals surface area contributed by atoms with E-state index in [4.69, 9.17) is 4.74 Å². The van der Waals surface area contributed by atoms with Crippen molar-refractivity contribution in [3.8, 4) is 11.1 Å². The topological polar surface area (TPSA) is 44.1 Å². The van der Waals surface area contributed by atoms with Crippen LogP contribution in [-0.4, -0.2) is 22.5 Å². The molecular formula is C20H18N2O2.